The molecule has 102 valence electrons. The number of carbonyl (C=O) groups excluding carboxylic acids is 2. The van der Waals surface area contributed by atoms with E-state index in [2.05, 4.69) is 4.74 Å². The van der Waals surface area contributed by atoms with E-state index in [0.717, 1.165) is 6.07 Å². The molecule has 0 unspecified atom stereocenters. The minimum Gasteiger partial charge on any atom is -0.393 e. The zero-order valence-electron chi connectivity index (χ0n) is 9.46. The van der Waals surface area contributed by atoms with Crippen molar-refractivity contribution in [1.29, 1.82) is 0 Å². The number of ether oxygens (including phenoxy) is 1. The Hall–Kier alpha value is -1.92. The molecular weight excluding hydrogens is 268 g/mol. The number of rotatable bonds is 1. The number of hydrogen-bond donors (Lipinski definition) is 0. The van der Waals surface area contributed by atoms with Gasteiger partial charge in [0, 0.05) is 5.92 Å². The lowest BCUT2D eigenvalue weighted by Gasteiger charge is -2.21. The quantitative estimate of drug-likeness (QED) is 0.450. The lowest BCUT2D eigenvalue weighted by Crippen LogP contribution is -2.24. The Bertz CT molecular complexity index is 520. The first kappa shape index (κ1) is 13.5. The molecule has 19 heavy (non-hydrogen) atoms. The maximum atomic E-state index is 13.1. The third-order valence-corrected chi connectivity index (χ3v) is 2.82. The number of halogens is 4. The first-order valence-electron chi connectivity index (χ1n) is 5.37. The number of carbonyl (C=O) groups is 2. The summed E-state index contributed by atoms with van der Waals surface area (Å²) in [4.78, 5) is 22.1. The van der Waals surface area contributed by atoms with E-state index >= 15 is 0 Å². The molecule has 1 aromatic rings. The van der Waals surface area contributed by atoms with Crippen LogP contribution in [0.2, 0.25) is 0 Å². The molecule has 0 N–H and O–H groups in total. The second-order valence-electron chi connectivity index (χ2n) is 4.19. The van der Waals surface area contributed by atoms with Crippen molar-refractivity contribution in [3.63, 3.8) is 0 Å². The van der Waals surface area contributed by atoms with Gasteiger partial charge in [0.25, 0.3) is 0 Å². The van der Waals surface area contributed by atoms with E-state index in [1.54, 1.807) is 0 Å². The summed E-state index contributed by atoms with van der Waals surface area (Å²) in [5.41, 5.74) is -1.31. The Balaban J connectivity index is 2.36. The van der Waals surface area contributed by atoms with Crippen LogP contribution in [0.5, 0.6) is 0 Å². The molecule has 3 nitrogen and oxygen atoms in total. The smallest absolute Gasteiger partial charge is 0.393 e. The van der Waals surface area contributed by atoms with Gasteiger partial charge >= 0.3 is 18.1 Å². The Labute approximate surface area is 105 Å². The van der Waals surface area contributed by atoms with Gasteiger partial charge in [0.15, 0.2) is 0 Å². The summed E-state index contributed by atoms with van der Waals surface area (Å²) in [5.74, 6) is -3.69. The fourth-order valence-corrected chi connectivity index (χ4v) is 1.93. The first-order chi connectivity index (χ1) is 8.77. The number of benzene rings is 1. The van der Waals surface area contributed by atoms with Crippen LogP contribution in [-0.4, -0.2) is 11.9 Å². The molecule has 0 radical (unpaired) electrons. The van der Waals surface area contributed by atoms with Crippen molar-refractivity contribution in [2.24, 2.45) is 0 Å². The molecule has 1 heterocycles. The van der Waals surface area contributed by atoms with Gasteiger partial charge in [-0.05, 0) is 17.7 Å². The second kappa shape index (κ2) is 4.64. The highest BCUT2D eigenvalue weighted by atomic mass is 19.4. The van der Waals surface area contributed by atoms with Crippen LogP contribution in [0.3, 0.4) is 0 Å². The third kappa shape index (κ3) is 2.91. The second-order valence-corrected chi connectivity index (χ2v) is 4.19. The first-order valence-corrected chi connectivity index (χ1v) is 5.37. The summed E-state index contributed by atoms with van der Waals surface area (Å²) in [7, 11) is 0. The van der Waals surface area contributed by atoms with E-state index < -0.39 is 35.4 Å². The lowest BCUT2D eigenvalue weighted by atomic mass is 9.90. The maximum absolute atomic E-state index is 13.1. The summed E-state index contributed by atoms with van der Waals surface area (Å²) < 4.78 is 55.0. The van der Waals surface area contributed by atoms with Gasteiger partial charge in [-0.2, -0.15) is 13.2 Å². The van der Waals surface area contributed by atoms with Crippen molar-refractivity contribution < 1.29 is 31.9 Å². The summed E-state index contributed by atoms with van der Waals surface area (Å²) >= 11 is 0. The molecule has 1 aromatic carbocycles. The highest BCUT2D eigenvalue weighted by molar-refractivity contribution is 5.89. The summed E-state index contributed by atoms with van der Waals surface area (Å²) in [6.07, 6.45) is -5.22. The van der Waals surface area contributed by atoms with Gasteiger partial charge in [0.05, 0.1) is 18.4 Å². The van der Waals surface area contributed by atoms with Crippen LogP contribution in [0.25, 0.3) is 0 Å². The fourth-order valence-electron chi connectivity index (χ4n) is 1.93. The standard InChI is InChI=1S/C12H8F4O3/c13-9-2-1-6(3-8(9)12(14,15)16)7-4-10(17)19-11(18)5-7/h1-3,7H,4-5H2. The molecule has 1 saturated heterocycles. The molecule has 2 rings (SSSR count). The highest BCUT2D eigenvalue weighted by Crippen LogP contribution is 2.35. The van der Waals surface area contributed by atoms with E-state index in [1.807, 2.05) is 0 Å². The van der Waals surface area contributed by atoms with Crippen LogP contribution in [0.1, 0.15) is 29.9 Å². The SMILES string of the molecule is O=C1CC(c2ccc(F)c(C(F)(F)F)c2)CC(=O)O1. The molecule has 0 bridgehead atoms. The molecule has 0 atom stereocenters. The number of esters is 2. The van der Waals surface area contributed by atoms with Crippen molar-refractivity contribution in [3.05, 3.63) is 35.1 Å². The molecule has 0 saturated carbocycles. The van der Waals surface area contributed by atoms with Crippen LogP contribution in [0.4, 0.5) is 17.6 Å². The van der Waals surface area contributed by atoms with E-state index in [0.29, 0.717) is 12.1 Å². The molecule has 0 aliphatic carbocycles. The fraction of sp³-hybridized carbons (Fsp3) is 0.333. The van der Waals surface area contributed by atoms with E-state index in [-0.39, 0.29) is 18.4 Å². The molecule has 1 aliphatic rings. The van der Waals surface area contributed by atoms with Gasteiger partial charge in [-0.25, -0.2) is 4.39 Å². The van der Waals surface area contributed by atoms with Gasteiger partial charge in [0.2, 0.25) is 0 Å². The van der Waals surface area contributed by atoms with Crippen LogP contribution < -0.4 is 0 Å². The van der Waals surface area contributed by atoms with Gasteiger partial charge < -0.3 is 4.74 Å². The third-order valence-electron chi connectivity index (χ3n) is 2.82. The molecule has 7 heteroatoms. The van der Waals surface area contributed by atoms with Crippen molar-refractivity contribution >= 4 is 11.9 Å². The summed E-state index contributed by atoms with van der Waals surface area (Å²) in [6.45, 7) is 0. The molecule has 1 fully saturated rings. The van der Waals surface area contributed by atoms with Crippen molar-refractivity contribution in [2.45, 2.75) is 24.9 Å². The predicted octanol–water partition coefficient (Wildman–Crippen LogP) is 2.79. The van der Waals surface area contributed by atoms with Gasteiger partial charge in [-0.15, -0.1) is 0 Å². The Morgan fingerprint density at radius 3 is 2.21 bits per heavy atom. The summed E-state index contributed by atoms with van der Waals surface area (Å²) in [5, 5.41) is 0. The topological polar surface area (TPSA) is 43.4 Å². The largest absolute Gasteiger partial charge is 0.419 e. The van der Waals surface area contributed by atoms with Crippen LogP contribution in [-0.2, 0) is 20.5 Å². The monoisotopic (exact) mass is 276 g/mol. The molecule has 0 amide bonds. The Kier molecular flexibility index (Phi) is 3.30. The number of alkyl halides is 3. The van der Waals surface area contributed by atoms with Gasteiger partial charge in [-0.1, -0.05) is 6.07 Å². The Morgan fingerprint density at radius 2 is 1.68 bits per heavy atom. The molecule has 1 aliphatic heterocycles. The Morgan fingerprint density at radius 1 is 1.11 bits per heavy atom. The van der Waals surface area contributed by atoms with E-state index in [4.69, 9.17) is 0 Å². The molecule has 0 aromatic heterocycles. The minimum atomic E-state index is -4.82. The van der Waals surface area contributed by atoms with Crippen molar-refractivity contribution in [2.75, 3.05) is 0 Å². The zero-order valence-corrected chi connectivity index (χ0v) is 9.46. The normalized spacial score (nSPS) is 17.5. The lowest BCUT2D eigenvalue weighted by molar-refractivity contribution is -0.163. The highest BCUT2D eigenvalue weighted by Gasteiger charge is 2.36. The predicted molar refractivity (Wildman–Crippen MR) is 54.5 cm³/mol. The van der Waals surface area contributed by atoms with Crippen LogP contribution in [0.15, 0.2) is 18.2 Å². The molecular formula is C12H8F4O3. The molecule has 0 spiro atoms. The van der Waals surface area contributed by atoms with Gasteiger partial charge in [0.1, 0.15) is 5.82 Å². The number of hydrogen-bond acceptors (Lipinski definition) is 3. The zero-order chi connectivity index (χ0) is 14.2. The average Bonchev–Trinajstić information content (AvgIpc) is 2.26. The van der Waals surface area contributed by atoms with E-state index in [1.165, 1.54) is 0 Å². The average molecular weight is 276 g/mol. The number of cyclic esters (lactones) is 2. The van der Waals surface area contributed by atoms with E-state index in [9.17, 15) is 27.2 Å². The van der Waals surface area contributed by atoms with Crippen LogP contribution >= 0.6 is 0 Å². The van der Waals surface area contributed by atoms with Gasteiger partial charge in [-0.3, -0.25) is 9.59 Å². The van der Waals surface area contributed by atoms with Crippen molar-refractivity contribution in [3.8, 4) is 0 Å². The van der Waals surface area contributed by atoms with Crippen molar-refractivity contribution in [1.82, 2.24) is 0 Å². The maximum Gasteiger partial charge on any atom is 0.419 e. The summed E-state index contributed by atoms with van der Waals surface area (Å²) in [6, 6.07) is 2.45. The minimum absolute atomic E-state index is 0.0960. The van der Waals surface area contributed by atoms with Crippen LogP contribution in [0, 0.1) is 5.82 Å².